The lowest BCUT2D eigenvalue weighted by molar-refractivity contribution is -0.135. The van der Waals surface area contributed by atoms with E-state index in [2.05, 4.69) is 4.98 Å². The van der Waals surface area contributed by atoms with E-state index in [-0.39, 0.29) is 6.10 Å². The Bertz CT molecular complexity index is 532. The van der Waals surface area contributed by atoms with Gasteiger partial charge < -0.3 is 9.64 Å². The number of piperidine rings is 1. The van der Waals surface area contributed by atoms with Crippen LogP contribution >= 0.6 is 11.6 Å². The first kappa shape index (κ1) is 16.6. The zero-order valence-corrected chi connectivity index (χ0v) is 14.3. The Hall–Kier alpha value is -1.29. The van der Waals surface area contributed by atoms with Crippen LogP contribution in [0.4, 0.5) is 0 Å². The maximum Gasteiger partial charge on any atom is 0.222 e. The maximum absolute atomic E-state index is 12.6. The molecule has 1 atom stereocenters. The van der Waals surface area contributed by atoms with Gasteiger partial charge in [0.1, 0.15) is 16.9 Å². The van der Waals surface area contributed by atoms with Crippen molar-refractivity contribution in [1.29, 1.82) is 0 Å². The van der Waals surface area contributed by atoms with Crippen molar-refractivity contribution in [3.63, 3.8) is 0 Å². The van der Waals surface area contributed by atoms with Crippen molar-refractivity contribution in [2.75, 3.05) is 13.1 Å². The van der Waals surface area contributed by atoms with Gasteiger partial charge in [0.2, 0.25) is 5.91 Å². The Kier molecular flexibility index (Phi) is 5.76. The summed E-state index contributed by atoms with van der Waals surface area (Å²) in [5.74, 6) is 1.55. The molecule has 1 aromatic heterocycles. The second kappa shape index (κ2) is 8.00. The van der Waals surface area contributed by atoms with Crippen LogP contribution in [0.1, 0.15) is 51.4 Å². The van der Waals surface area contributed by atoms with Crippen molar-refractivity contribution in [2.45, 2.75) is 57.5 Å². The van der Waals surface area contributed by atoms with E-state index in [0.29, 0.717) is 35.6 Å². The van der Waals surface area contributed by atoms with Gasteiger partial charge in [0.25, 0.3) is 0 Å². The molecule has 2 fully saturated rings. The van der Waals surface area contributed by atoms with Gasteiger partial charge in [0, 0.05) is 31.4 Å². The monoisotopic (exact) mass is 336 g/mol. The standard InChI is InChI=1S/C18H25ClN2O2/c19-16-12-20-9-8-17(16)23-15-7-4-10-21(13-15)18(22)11-14-5-2-1-3-6-14/h8-9,12,14-15H,1-7,10-11,13H2. The van der Waals surface area contributed by atoms with Crippen LogP contribution in [0.15, 0.2) is 18.5 Å². The Morgan fingerprint density at radius 2 is 2.09 bits per heavy atom. The van der Waals surface area contributed by atoms with Crippen LogP contribution in [0.3, 0.4) is 0 Å². The number of ether oxygens (including phenoxy) is 1. The normalized spacial score (nSPS) is 22.8. The molecule has 1 amide bonds. The summed E-state index contributed by atoms with van der Waals surface area (Å²) >= 11 is 6.10. The molecule has 4 nitrogen and oxygen atoms in total. The second-order valence-corrected chi connectivity index (χ2v) is 7.14. The minimum atomic E-state index is 0.0268. The molecule has 1 aromatic rings. The highest BCUT2D eigenvalue weighted by Gasteiger charge is 2.27. The molecule has 0 N–H and O–H groups in total. The summed E-state index contributed by atoms with van der Waals surface area (Å²) in [6.07, 6.45) is 12.3. The molecule has 0 spiro atoms. The summed E-state index contributed by atoms with van der Waals surface area (Å²) in [5.41, 5.74) is 0. The van der Waals surface area contributed by atoms with Crippen molar-refractivity contribution in [1.82, 2.24) is 9.88 Å². The summed E-state index contributed by atoms with van der Waals surface area (Å²) in [7, 11) is 0. The molecular weight excluding hydrogens is 312 g/mol. The first-order valence-electron chi connectivity index (χ1n) is 8.76. The molecule has 126 valence electrons. The second-order valence-electron chi connectivity index (χ2n) is 6.74. The average Bonchev–Trinajstić information content (AvgIpc) is 2.58. The van der Waals surface area contributed by atoms with Crippen LogP contribution in [0.2, 0.25) is 5.02 Å². The van der Waals surface area contributed by atoms with Gasteiger partial charge in [-0.2, -0.15) is 0 Å². The molecular formula is C18H25ClN2O2. The van der Waals surface area contributed by atoms with Crippen molar-refractivity contribution >= 4 is 17.5 Å². The molecule has 23 heavy (non-hydrogen) atoms. The third-order valence-corrected chi connectivity index (χ3v) is 5.23. The molecule has 5 heteroatoms. The fraction of sp³-hybridized carbons (Fsp3) is 0.667. The van der Waals surface area contributed by atoms with Gasteiger partial charge in [-0.1, -0.05) is 30.9 Å². The zero-order valence-electron chi connectivity index (χ0n) is 13.5. The van der Waals surface area contributed by atoms with Crippen molar-refractivity contribution in [2.24, 2.45) is 5.92 Å². The summed E-state index contributed by atoms with van der Waals surface area (Å²) in [4.78, 5) is 18.5. The van der Waals surface area contributed by atoms with Gasteiger partial charge in [-0.3, -0.25) is 9.78 Å². The first-order chi connectivity index (χ1) is 11.2. The van der Waals surface area contributed by atoms with Gasteiger partial charge in [-0.25, -0.2) is 0 Å². The van der Waals surface area contributed by atoms with E-state index >= 15 is 0 Å². The van der Waals surface area contributed by atoms with Gasteiger partial charge in [-0.15, -0.1) is 0 Å². The lowest BCUT2D eigenvalue weighted by Crippen LogP contribution is -2.45. The SMILES string of the molecule is O=C(CC1CCCCC1)N1CCCC(Oc2ccncc2Cl)C1. The van der Waals surface area contributed by atoms with Gasteiger partial charge in [0.15, 0.2) is 0 Å². The Morgan fingerprint density at radius 1 is 1.26 bits per heavy atom. The van der Waals surface area contributed by atoms with Crippen LogP contribution < -0.4 is 4.74 Å². The van der Waals surface area contributed by atoms with Crippen LogP contribution in [-0.4, -0.2) is 35.0 Å². The van der Waals surface area contributed by atoms with Crippen molar-refractivity contribution in [3.05, 3.63) is 23.5 Å². The van der Waals surface area contributed by atoms with E-state index < -0.39 is 0 Å². The minimum absolute atomic E-state index is 0.0268. The Balaban J connectivity index is 1.53. The molecule has 2 heterocycles. The fourth-order valence-electron chi connectivity index (χ4n) is 3.67. The van der Waals surface area contributed by atoms with E-state index in [1.807, 2.05) is 4.90 Å². The topological polar surface area (TPSA) is 42.4 Å². The van der Waals surface area contributed by atoms with Crippen LogP contribution in [0.25, 0.3) is 0 Å². The largest absolute Gasteiger partial charge is 0.487 e. The molecule has 0 radical (unpaired) electrons. The quantitative estimate of drug-likeness (QED) is 0.832. The number of hydrogen-bond donors (Lipinski definition) is 0. The summed E-state index contributed by atoms with van der Waals surface area (Å²) in [6, 6.07) is 1.78. The number of pyridine rings is 1. The molecule has 1 saturated heterocycles. The first-order valence-corrected chi connectivity index (χ1v) is 9.14. The van der Waals surface area contributed by atoms with Crippen molar-refractivity contribution < 1.29 is 9.53 Å². The van der Waals surface area contributed by atoms with E-state index in [0.717, 1.165) is 19.4 Å². The maximum atomic E-state index is 12.6. The number of carbonyl (C=O) groups is 1. The highest BCUT2D eigenvalue weighted by Crippen LogP contribution is 2.28. The van der Waals surface area contributed by atoms with E-state index in [1.165, 1.54) is 32.1 Å². The van der Waals surface area contributed by atoms with Gasteiger partial charge in [-0.05, 0) is 31.6 Å². The minimum Gasteiger partial charge on any atom is -0.487 e. The average molecular weight is 337 g/mol. The Labute approximate surface area is 143 Å². The molecule has 0 aromatic carbocycles. The number of amides is 1. The van der Waals surface area contributed by atoms with Crippen LogP contribution in [0, 0.1) is 5.92 Å². The Morgan fingerprint density at radius 3 is 2.87 bits per heavy atom. The highest BCUT2D eigenvalue weighted by atomic mass is 35.5. The predicted molar refractivity (Wildman–Crippen MR) is 90.7 cm³/mol. The fourth-order valence-corrected chi connectivity index (χ4v) is 3.83. The van der Waals surface area contributed by atoms with Crippen LogP contribution in [0.5, 0.6) is 5.75 Å². The third-order valence-electron chi connectivity index (χ3n) is 4.95. The van der Waals surface area contributed by atoms with E-state index in [9.17, 15) is 4.79 Å². The van der Waals surface area contributed by atoms with Gasteiger partial charge >= 0.3 is 0 Å². The molecule has 3 rings (SSSR count). The zero-order chi connectivity index (χ0) is 16.1. The number of likely N-dealkylation sites (tertiary alicyclic amines) is 1. The van der Waals surface area contributed by atoms with E-state index in [1.54, 1.807) is 18.5 Å². The summed E-state index contributed by atoms with van der Waals surface area (Å²) < 4.78 is 5.99. The summed E-state index contributed by atoms with van der Waals surface area (Å²) in [5, 5.41) is 0.526. The van der Waals surface area contributed by atoms with Crippen LogP contribution in [-0.2, 0) is 4.79 Å². The van der Waals surface area contributed by atoms with E-state index in [4.69, 9.17) is 16.3 Å². The number of rotatable bonds is 4. The molecule has 1 saturated carbocycles. The lowest BCUT2D eigenvalue weighted by atomic mass is 9.86. The highest BCUT2D eigenvalue weighted by molar-refractivity contribution is 6.31. The number of nitrogens with zero attached hydrogens (tertiary/aromatic N) is 2. The summed E-state index contributed by atoms with van der Waals surface area (Å²) in [6.45, 7) is 1.53. The smallest absolute Gasteiger partial charge is 0.222 e. The number of halogens is 1. The molecule has 1 aliphatic heterocycles. The number of hydrogen-bond acceptors (Lipinski definition) is 3. The molecule has 0 bridgehead atoms. The molecule has 1 aliphatic carbocycles. The lowest BCUT2D eigenvalue weighted by Gasteiger charge is -2.34. The number of carbonyl (C=O) groups excluding carboxylic acids is 1. The predicted octanol–water partition coefficient (Wildman–Crippen LogP) is 4.08. The molecule has 2 aliphatic rings. The molecule has 1 unspecified atom stereocenters. The third kappa shape index (κ3) is 4.60. The van der Waals surface area contributed by atoms with Crippen molar-refractivity contribution in [3.8, 4) is 5.75 Å². The number of aromatic nitrogens is 1. The van der Waals surface area contributed by atoms with Gasteiger partial charge in [0.05, 0.1) is 6.54 Å².